The van der Waals surface area contributed by atoms with Crippen LogP contribution >= 0.6 is 11.8 Å². The number of rotatable bonds is 7. The molecule has 0 amide bonds. The first kappa shape index (κ1) is 17.8. The summed E-state index contributed by atoms with van der Waals surface area (Å²) >= 11 is 1.41. The minimum absolute atomic E-state index is 0.0810. The third-order valence-electron chi connectivity index (χ3n) is 4.37. The van der Waals surface area contributed by atoms with Gasteiger partial charge >= 0.3 is 5.69 Å². The molecule has 0 atom stereocenters. The molecule has 6 nitrogen and oxygen atoms in total. The minimum atomic E-state index is -0.450. The van der Waals surface area contributed by atoms with Gasteiger partial charge in [-0.15, -0.1) is 0 Å². The lowest BCUT2D eigenvalue weighted by Gasteiger charge is -2.16. The molecule has 2 heterocycles. The first-order valence-corrected chi connectivity index (χ1v) is 9.60. The van der Waals surface area contributed by atoms with Crippen molar-refractivity contribution in [3.05, 3.63) is 86.8 Å². The van der Waals surface area contributed by atoms with Crippen LogP contribution in [0.2, 0.25) is 0 Å². The molecule has 0 saturated heterocycles. The van der Waals surface area contributed by atoms with Crippen LogP contribution in [0.15, 0.2) is 74.4 Å². The van der Waals surface area contributed by atoms with E-state index in [1.165, 1.54) is 16.3 Å². The molecule has 1 fully saturated rings. The first-order chi connectivity index (χ1) is 13.2. The maximum atomic E-state index is 12.5. The molecule has 138 valence electrons. The standard InChI is InChI=1S/C20H19N3O3S/c24-18-17(15-6-7-15)19(27-16-8-10-21-11-9-16)23(20(25)22-18)13-26-12-14-4-2-1-3-5-14/h1-5,8-11,15H,6-7,12-13H2,(H,22,24,25). The van der Waals surface area contributed by atoms with Gasteiger partial charge in [-0.05, 0) is 36.5 Å². The van der Waals surface area contributed by atoms with Crippen molar-refractivity contribution in [3.63, 3.8) is 0 Å². The van der Waals surface area contributed by atoms with Crippen molar-refractivity contribution in [1.82, 2.24) is 14.5 Å². The van der Waals surface area contributed by atoms with Gasteiger partial charge in [0, 0.05) is 17.3 Å². The van der Waals surface area contributed by atoms with E-state index >= 15 is 0 Å². The van der Waals surface area contributed by atoms with Gasteiger partial charge in [-0.3, -0.25) is 19.3 Å². The van der Waals surface area contributed by atoms with Gasteiger partial charge < -0.3 is 4.74 Å². The van der Waals surface area contributed by atoms with Gasteiger partial charge in [-0.2, -0.15) is 0 Å². The van der Waals surface area contributed by atoms with Crippen LogP contribution in [0.3, 0.4) is 0 Å². The van der Waals surface area contributed by atoms with Crippen LogP contribution in [0.25, 0.3) is 0 Å². The lowest BCUT2D eigenvalue weighted by Crippen LogP contribution is -2.34. The Morgan fingerprint density at radius 3 is 2.56 bits per heavy atom. The van der Waals surface area contributed by atoms with E-state index < -0.39 is 5.69 Å². The summed E-state index contributed by atoms with van der Waals surface area (Å²) in [7, 11) is 0. The highest BCUT2D eigenvalue weighted by atomic mass is 32.2. The fourth-order valence-electron chi connectivity index (χ4n) is 2.87. The second-order valence-electron chi connectivity index (χ2n) is 6.43. The van der Waals surface area contributed by atoms with E-state index in [0.717, 1.165) is 23.3 Å². The van der Waals surface area contributed by atoms with Gasteiger partial charge in [0.05, 0.1) is 17.2 Å². The third kappa shape index (κ3) is 4.20. The van der Waals surface area contributed by atoms with Crippen LogP contribution < -0.4 is 11.2 Å². The largest absolute Gasteiger partial charge is 0.356 e. The van der Waals surface area contributed by atoms with E-state index in [1.54, 1.807) is 12.4 Å². The number of ether oxygens (including phenoxy) is 1. The van der Waals surface area contributed by atoms with Gasteiger partial charge in [0.2, 0.25) is 0 Å². The fraction of sp³-hybridized carbons (Fsp3) is 0.250. The number of pyridine rings is 1. The molecule has 0 spiro atoms. The molecule has 27 heavy (non-hydrogen) atoms. The van der Waals surface area contributed by atoms with E-state index in [2.05, 4.69) is 9.97 Å². The van der Waals surface area contributed by atoms with Gasteiger partial charge in [-0.1, -0.05) is 42.1 Å². The Kier molecular flexibility index (Phi) is 5.22. The van der Waals surface area contributed by atoms with Gasteiger partial charge in [0.25, 0.3) is 5.56 Å². The zero-order valence-electron chi connectivity index (χ0n) is 14.6. The Balaban J connectivity index is 1.65. The Morgan fingerprint density at radius 1 is 1.11 bits per heavy atom. The normalized spacial score (nSPS) is 13.6. The molecule has 1 saturated carbocycles. The first-order valence-electron chi connectivity index (χ1n) is 8.79. The summed E-state index contributed by atoms with van der Waals surface area (Å²) in [6, 6.07) is 13.5. The molecular weight excluding hydrogens is 362 g/mol. The average molecular weight is 381 g/mol. The summed E-state index contributed by atoms with van der Waals surface area (Å²) in [5.41, 5.74) is 0.966. The maximum Gasteiger partial charge on any atom is 0.331 e. The highest BCUT2D eigenvalue weighted by Gasteiger charge is 2.31. The van der Waals surface area contributed by atoms with Crippen LogP contribution in [0.5, 0.6) is 0 Å². The molecule has 0 bridgehead atoms. The Morgan fingerprint density at radius 2 is 1.85 bits per heavy atom. The van der Waals surface area contributed by atoms with E-state index in [9.17, 15) is 9.59 Å². The number of benzene rings is 1. The highest BCUT2D eigenvalue weighted by Crippen LogP contribution is 2.43. The number of nitrogens with zero attached hydrogens (tertiary/aromatic N) is 2. The zero-order chi connectivity index (χ0) is 18.6. The molecule has 0 unspecified atom stereocenters. The molecule has 4 rings (SSSR count). The van der Waals surface area contributed by atoms with Crippen molar-refractivity contribution in [1.29, 1.82) is 0 Å². The lowest BCUT2D eigenvalue weighted by atomic mass is 10.2. The van der Waals surface area contributed by atoms with Crippen LogP contribution in [0, 0.1) is 0 Å². The van der Waals surface area contributed by atoms with E-state index in [4.69, 9.17) is 4.74 Å². The average Bonchev–Trinajstić information content (AvgIpc) is 3.51. The van der Waals surface area contributed by atoms with Crippen molar-refractivity contribution in [2.45, 2.75) is 42.0 Å². The van der Waals surface area contributed by atoms with Crippen molar-refractivity contribution in [2.24, 2.45) is 0 Å². The molecule has 1 aliphatic carbocycles. The quantitative estimate of drug-likeness (QED) is 0.636. The second kappa shape index (κ2) is 7.94. The van der Waals surface area contributed by atoms with Crippen molar-refractivity contribution < 1.29 is 4.74 Å². The SMILES string of the molecule is O=c1[nH]c(=O)n(COCc2ccccc2)c(Sc2ccncc2)c1C1CC1. The molecule has 3 aromatic rings. The molecule has 1 N–H and O–H groups in total. The van der Waals surface area contributed by atoms with Crippen molar-refractivity contribution in [2.75, 3.05) is 0 Å². The number of hydrogen-bond donors (Lipinski definition) is 1. The van der Waals surface area contributed by atoms with Gasteiger partial charge in [0.1, 0.15) is 6.73 Å². The Labute approximate surface area is 160 Å². The summed E-state index contributed by atoms with van der Waals surface area (Å²) in [4.78, 5) is 32.3. The monoisotopic (exact) mass is 381 g/mol. The van der Waals surface area contributed by atoms with Crippen molar-refractivity contribution in [3.8, 4) is 0 Å². The number of aromatic amines is 1. The zero-order valence-corrected chi connectivity index (χ0v) is 15.4. The molecule has 0 aliphatic heterocycles. The predicted octanol–water partition coefficient (Wildman–Crippen LogP) is 3.13. The highest BCUT2D eigenvalue weighted by molar-refractivity contribution is 7.99. The topological polar surface area (TPSA) is 77.0 Å². The molecular formula is C20H19N3O3S. The fourth-order valence-corrected chi connectivity index (χ4v) is 3.97. The second-order valence-corrected chi connectivity index (χ2v) is 7.49. The van der Waals surface area contributed by atoms with E-state index in [0.29, 0.717) is 17.2 Å². The molecule has 1 aromatic carbocycles. The third-order valence-corrected chi connectivity index (χ3v) is 5.51. The van der Waals surface area contributed by atoms with E-state index in [1.807, 2.05) is 42.5 Å². The van der Waals surface area contributed by atoms with Crippen LogP contribution in [0.1, 0.15) is 29.9 Å². The Hall–Kier alpha value is -2.64. The number of aromatic nitrogens is 3. The molecule has 1 aliphatic rings. The Bertz CT molecular complexity index is 1030. The molecule has 2 aromatic heterocycles. The van der Waals surface area contributed by atoms with Crippen molar-refractivity contribution >= 4 is 11.8 Å². The predicted molar refractivity (Wildman–Crippen MR) is 103 cm³/mol. The number of nitrogens with one attached hydrogen (secondary N) is 1. The molecule has 0 radical (unpaired) electrons. The van der Waals surface area contributed by atoms with E-state index in [-0.39, 0.29) is 18.2 Å². The van der Waals surface area contributed by atoms with Gasteiger partial charge in [0.15, 0.2) is 0 Å². The smallest absolute Gasteiger partial charge is 0.331 e. The summed E-state index contributed by atoms with van der Waals surface area (Å²) in [6.07, 6.45) is 5.33. The lowest BCUT2D eigenvalue weighted by molar-refractivity contribution is 0.0550. The molecule has 7 heteroatoms. The van der Waals surface area contributed by atoms with Crippen LogP contribution in [0.4, 0.5) is 0 Å². The van der Waals surface area contributed by atoms with Crippen LogP contribution in [-0.4, -0.2) is 14.5 Å². The maximum absolute atomic E-state index is 12.5. The summed E-state index contributed by atoms with van der Waals surface area (Å²) in [6.45, 7) is 0.474. The number of hydrogen-bond acceptors (Lipinski definition) is 5. The minimum Gasteiger partial charge on any atom is -0.356 e. The van der Waals surface area contributed by atoms with Gasteiger partial charge in [-0.25, -0.2) is 4.79 Å². The summed E-state index contributed by atoms with van der Waals surface area (Å²) in [5.74, 6) is 0.207. The summed E-state index contributed by atoms with van der Waals surface area (Å²) in [5, 5.41) is 0.658. The number of H-pyrrole nitrogens is 1. The van der Waals surface area contributed by atoms with Crippen LogP contribution in [-0.2, 0) is 18.1 Å². The summed E-state index contributed by atoms with van der Waals surface area (Å²) < 4.78 is 7.29.